The normalized spacial score (nSPS) is 27.9. The summed E-state index contributed by atoms with van der Waals surface area (Å²) in [5.74, 6) is -1.30. The number of benzene rings is 2. The van der Waals surface area contributed by atoms with Gasteiger partial charge in [-0.1, -0.05) is 48.0 Å². The second-order valence-corrected chi connectivity index (χ2v) is 10.4. The number of nitrogens with one attached hydrogen (secondary N) is 2. The highest BCUT2D eigenvalue weighted by Crippen LogP contribution is 2.54. The van der Waals surface area contributed by atoms with Gasteiger partial charge in [0.15, 0.2) is 0 Å². The van der Waals surface area contributed by atoms with Gasteiger partial charge in [-0.2, -0.15) is 11.8 Å². The Morgan fingerprint density at radius 2 is 1.88 bits per heavy atom. The molecule has 0 aromatic heterocycles. The van der Waals surface area contributed by atoms with Gasteiger partial charge in [0, 0.05) is 18.2 Å². The molecule has 0 saturated carbocycles. The van der Waals surface area contributed by atoms with Crippen LogP contribution < -0.4 is 10.6 Å². The fourth-order valence-electron chi connectivity index (χ4n) is 5.65. The zero-order chi connectivity index (χ0) is 23.3. The molecule has 3 aliphatic rings. The zero-order valence-electron chi connectivity index (χ0n) is 18.6. The Morgan fingerprint density at radius 3 is 2.61 bits per heavy atom. The Hall–Kier alpha value is -2.35. The van der Waals surface area contributed by atoms with Gasteiger partial charge in [-0.25, -0.2) is 0 Å². The number of anilines is 1. The van der Waals surface area contributed by atoms with Crippen LogP contribution in [0.2, 0.25) is 5.02 Å². The predicted octanol–water partition coefficient (Wildman–Crippen LogP) is 3.36. The van der Waals surface area contributed by atoms with Gasteiger partial charge in [0.25, 0.3) is 0 Å². The molecule has 2 aromatic carbocycles. The smallest absolute Gasteiger partial charge is 0.250 e. The van der Waals surface area contributed by atoms with E-state index in [0.717, 1.165) is 16.9 Å². The van der Waals surface area contributed by atoms with Crippen molar-refractivity contribution in [3.05, 3.63) is 64.2 Å². The third-order valence-electron chi connectivity index (χ3n) is 7.11. The van der Waals surface area contributed by atoms with E-state index in [1.165, 1.54) is 4.90 Å². The number of hydrogen-bond acceptors (Lipinski definition) is 5. The third kappa shape index (κ3) is 3.40. The number of halogens is 1. The molecule has 0 radical (unpaired) electrons. The summed E-state index contributed by atoms with van der Waals surface area (Å²) in [6.45, 7) is 2.22. The van der Waals surface area contributed by atoms with Gasteiger partial charge in [0.2, 0.25) is 17.7 Å². The molecule has 0 bridgehead atoms. The van der Waals surface area contributed by atoms with Crippen LogP contribution in [0.15, 0.2) is 42.5 Å². The van der Waals surface area contributed by atoms with Crippen molar-refractivity contribution in [2.75, 3.05) is 23.9 Å². The lowest BCUT2D eigenvalue weighted by Crippen LogP contribution is -2.53. The van der Waals surface area contributed by atoms with E-state index in [-0.39, 0.29) is 23.8 Å². The second kappa shape index (κ2) is 8.46. The lowest BCUT2D eigenvalue weighted by molar-refractivity contribution is -0.142. The molecule has 3 heterocycles. The van der Waals surface area contributed by atoms with E-state index in [9.17, 15) is 14.4 Å². The highest BCUT2D eigenvalue weighted by Gasteiger charge is 2.70. The molecule has 2 N–H and O–H groups in total. The van der Waals surface area contributed by atoms with Crippen molar-refractivity contribution < 1.29 is 14.4 Å². The Morgan fingerprint density at radius 1 is 1.12 bits per heavy atom. The van der Waals surface area contributed by atoms with E-state index in [4.69, 9.17) is 11.6 Å². The number of likely N-dealkylation sites (tertiary alicyclic amines) is 1. The molecule has 172 valence electrons. The summed E-state index contributed by atoms with van der Waals surface area (Å²) >= 11 is 8.15. The summed E-state index contributed by atoms with van der Waals surface area (Å²) in [4.78, 5) is 42.2. The molecule has 8 heteroatoms. The number of thioether (sulfide) groups is 1. The van der Waals surface area contributed by atoms with Gasteiger partial charge in [-0.3, -0.25) is 24.6 Å². The SMILES string of the molecule is CSCC[C@@H]1N[C@@]2(C(=O)Nc3c(Cl)cc(C)cc32)[C@@H]2C(=O)N(CCc3ccccc3)C(=O)[C@H]12. The highest BCUT2D eigenvalue weighted by molar-refractivity contribution is 7.98. The highest BCUT2D eigenvalue weighted by atomic mass is 35.5. The maximum absolute atomic E-state index is 13.8. The van der Waals surface area contributed by atoms with Crippen LogP contribution in [0.4, 0.5) is 5.69 Å². The van der Waals surface area contributed by atoms with Crippen molar-refractivity contribution in [1.29, 1.82) is 0 Å². The molecular formula is C25H26ClN3O3S. The van der Waals surface area contributed by atoms with Crippen LogP contribution in [0.1, 0.15) is 23.1 Å². The molecule has 2 aromatic rings. The lowest BCUT2D eigenvalue weighted by Gasteiger charge is -2.29. The molecule has 0 unspecified atom stereocenters. The monoisotopic (exact) mass is 483 g/mol. The average Bonchev–Trinajstić information content (AvgIpc) is 3.37. The van der Waals surface area contributed by atoms with Crippen LogP contribution >= 0.6 is 23.4 Å². The Labute approximate surface area is 202 Å². The summed E-state index contributed by atoms with van der Waals surface area (Å²) in [6.07, 6.45) is 3.29. The predicted molar refractivity (Wildman–Crippen MR) is 130 cm³/mol. The van der Waals surface area contributed by atoms with Gasteiger partial charge >= 0.3 is 0 Å². The number of carbonyl (C=O) groups is 3. The number of rotatable bonds is 6. The van der Waals surface area contributed by atoms with Crippen LogP contribution in [0.3, 0.4) is 0 Å². The van der Waals surface area contributed by atoms with Crippen LogP contribution in [0, 0.1) is 18.8 Å². The largest absolute Gasteiger partial charge is 0.323 e. The molecule has 0 aliphatic carbocycles. The van der Waals surface area contributed by atoms with Crippen molar-refractivity contribution in [3.63, 3.8) is 0 Å². The summed E-state index contributed by atoms with van der Waals surface area (Å²) in [5.41, 5.74) is 1.89. The Bertz CT molecular complexity index is 1140. The molecule has 2 saturated heterocycles. The molecule has 6 nitrogen and oxygen atoms in total. The van der Waals surface area contributed by atoms with Crippen LogP contribution in [-0.2, 0) is 26.3 Å². The zero-order valence-corrected chi connectivity index (χ0v) is 20.1. The Kier molecular flexibility index (Phi) is 5.75. The molecule has 33 heavy (non-hydrogen) atoms. The van der Waals surface area contributed by atoms with Crippen LogP contribution in [0.5, 0.6) is 0 Å². The topological polar surface area (TPSA) is 78.5 Å². The van der Waals surface area contributed by atoms with Gasteiger partial charge < -0.3 is 5.32 Å². The molecular weight excluding hydrogens is 458 g/mol. The minimum atomic E-state index is -1.28. The maximum atomic E-state index is 13.8. The Balaban J connectivity index is 1.55. The second-order valence-electron chi connectivity index (χ2n) is 9.03. The number of nitrogens with zero attached hydrogens (tertiary/aromatic N) is 1. The summed E-state index contributed by atoms with van der Waals surface area (Å²) < 4.78 is 0. The fraction of sp³-hybridized carbons (Fsp3) is 0.400. The van der Waals surface area contributed by atoms with Gasteiger partial charge in [-0.05, 0) is 49.0 Å². The van der Waals surface area contributed by atoms with Gasteiger partial charge in [0.05, 0.1) is 22.5 Å². The summed E-state index contributed by atoms with van der Waals surface area (Å²) in [7, 11) is 0. The van der Waals surface area contributed by atoms with Crippen molar-refractivity contribution in [2.45, 2.75) is 31.3 Å². The first-order chi connectivity index (χ1) is 15.9. The van der Waals surface area contributed by atoms with Crippen molar-refractivity contribution in [2.24, 2.45) is 11.8 Å². The number of hydrogen-bond donors (Lipinski definition) is 2. The molecule has 3 aliphatic heterocycles. The number of aryl methyl sites for hydroxylation is 1. The van der Waals surface area contributed by atoms with E-state index in [2.05, 4.69) is 10.6 Å². The fourth-order valence-corrected chi connectivity index (χ4v) is 6.46. The molecule has 5 rings (SSSR count). The van der Waals surface area contributed by atoms with E-state index in [1.54, 1.807) is 17.8 Å². The van der Waals surface area contributed by atoms with E-state index >= 15 is 0 Å². The van der Waals surface area contributed by atoms with Gasteiger partial charge in [0.1, 0.15) is 5.54 Å². The number of fused-ring (bicyclic) bond motifs is 4. The number of amides is 3. The first kappa shape index (κ1) is 22.4. The van der Waals surface area contributed by atoms with E-state index in [0.29, 0.717) is 35.7 Å². The minimum Gasteiger partial charge on any atom is -0.323 e. The first-order valence-electron chi connectivity index (χ1n) is 11.2. The van der Waals surface area contributed by atoms with Crippen LogP contribution in [-0.4, -0.2) is 47.2 Å². The quantitative estimate of drug-likeness (QED) is 0.616. The standard InChI is InChI=1S/C25H26ClN3O3S/c1-14-12-16-21(17(26)13-14)27-24(32)25(16)20-19(18(28-25)9-11-33-2)22(30)29(23(20)31)10-8-15-6-4-3-5-7-15/h3-7,12-13,18-20,28H,8-11H2,1-2H3,(H,27,32)/t18-,19+,20-,25+/m0/s1. The number of carbonyl (C=O) groups excluding carboxylic acids is 3. The minimum absolute atomic E-state index is 0.184. The third-order valence-corrected chi connectivity index (χ3v) is 8.05. The lowest BCUT2D eigenvalue weighted by atomic mass is 9.76. The summed E-state index contributed by atoms with van der Waals surface area (Å²) in [6, 6.07) is 13.2. The molecule has 3 amide bonds. The van der Waals surface area contributed by atoms with Crippen molar-refractivity contribution in [3.8, 4) is 0 Å². The molecule has 1 spiro atoms. The van der Waals surface area contributed by atoms with Gasteiger partial charge in [-0.15, -0.1) is 0 Å². The molecule has 2 fully saturated rings. The maximum Gasteiger partial charge on any atom is 0.250 e. The van der Waals surface area contributed by atoms with E-state index < -0.39 is 17.4 Å². The van der Waals surface area contributed by atoms with E-state index in [1.807, 2.05) is 49.6 Å². The molecule has 4 atom stereocenters. The average molecular weight is 484 g/mol. The first-order valence-corrected chi connectivity index (χ1v) is 12.9. The number of imide groups is 1. The van der Waals surface area contributed by atoms with Crippen molar-refractivity contribution >= 4 is 46.8 Å². The van der Waals surface area contributed by atoms with Crippen molar-refractivity contribution in [1.82, 2.24) is 10.2 Å². The summed E-state index contributed by atoms with van der Waals surface area (Å²) in [5, 5.41) is 6.81. The van der Waals surface area contributed by atoms with Crippen LogP contribution in [0.25, 0.3) is 0 Å².